The maximum absolute atomic E-state index is 12.2. The summed E-state index contributed by atoms with van der Waals surface area (Å²) >= 11 is 7.20. The SMILES string of the molecule is Cc1cccc(C(C)C)c1NC(=O)Cc1nc(CCl)cs1. The van der Waals surface area contributed by atoms with Gasteiger partial charge in [0.1, 0.15) is 5.01 Å². The monoisotopic (exact) mass is 322 g/mol. The highest BCUT2D eigenvalue weighted by Crippen LogP contribution is 2.27. The summed E-state index contributed by atoms with van der Waals surface area (Å²) in [7, 11) is 0. The van der Waals surface area contributed by atoms with E-state index in [1.165, 1.54) is 11.3 Å². The van der Waals surface area contributed by atoms with Gasteiger partial charge < -0.3 is 5.32 Å². The third-order valence-electron chi connectivity index (χ3n) is 3.24. The predicted molar refractivity (Wildman–Crippen MR) is 89.3 cm³/mol. The molecule has 0 aliphatic carbocycles. The Hall–Kier alpha value is -1.39. The summed E-state index contributed by atoms with van der Waals surface area (Å²) in [6, 6.07) is 6.09. The third-order valence-corrected chi connectivity index (χ3v) is 4.41. The van der Waals surface area contributed by atoms with Crippen molar-refractivity contribution in [2.24, 2.45) is 0 Å². The van der Waals surface area contributed by atoms with Gasteiger partial charge in [0, 0.05) is 11.1 Å². The Morgan fingerprint density at radius 1 is 1.43 bits per heavy atom. The standard InChI is InChI=1S/C16H19ClN2OS/c1-10(2)13-6-4-5-11(3)16(13)19-14(20)7-15-18-12(8-17)9-21-15/h4-6,9-10H,7-8H2,1-3H3,(H,19,20). The molecule has 1 heterocycles. The fourth-order valence-electron chi connectivity index (χ4n) is 2.15. The highest BCUT2D eigenvalue weighted by Gasteiger charge is 2.13. The van der Waals surface area contributed by atoms with Crippen molar-refractivity contribution < 1.29 is 4.79 Å². The van der Waals surface area contributed by atoms with Crippen LogP contribution in [-0.4, -0.2) is 10.9 Å². The zero-order valence-corrected chi connectivity index (χ0v) is 14.0. The smallest absolute Gasteiger partial charge is 0.231 e. The Balaban J connectivity index is 2.12. The second-order valence-corrected chi connectivity index (χ2v) is 6.49. The molecule has 5 heteroatoms. The molecule has 0 aliphatic heterocycles. The van der Waals surface area contributed by atoms with E-state index in [-0.39, 0.29) is 12.3 Å². The maximum atomic E-state index is 12.2. The lowest BCUT2D eigenvalue weighted by molar-refractivity contribution is -0.115. The molecule has 1 amide bonds. The van der Waals surface area contributed by atoms with Crippen molar-refractivity contribution >= 4 is 34.5 Å². The van der Waals surface area contributed by atoms with Crippen LogP contribution in [0.1, 0.15) is 41.6 Å². The summed E-state index contributed by atoms with van der Waals surface area (Å²) in [6.07, 6.45) is 0.285. The number of thiazole rings is 1. The minimum Gasteiger partial charge on any atom is -0.325 e. The molecule has 1 N–H and O–H groups in total. The maximum Gasteiger partial charge on any atom is 0.231 e. The Bertz CT molecular complexity index is 637. The van der Waals surface area contributed by atoms with E-state index in [1.807, 2.05) is 24.4 Å². The normalized spacial score (nSPS) is 10.9. The van der Waals surface area contributed by atoms with Gasteiger partial charge in [-0.2, -0.15) is 0 Å². The number of nitrogens with one attached hydrogen (secondary N) is 1. The van der Waals surface area contributed by atoms with Crippen LogP contribution in [-0.2, 0) is 17.1 Å². The lowest BCUT2D eigenvalue weighted by Crippen LogP contribution is -2.16. The molecule has 1 aromatic carbocycles. The van der Waals surface area contributed by atoms with Crippen LogP contribution < -0.4 is 5.32 Å². The molecule has 2 rings (SSSR count). The van der Waals surface area contributed by atoms with E-state index >= 15 is 0 Å². The number of halogens is 1. The molecule has 1 aromatic heterocycles. The van der Waals surface area contributed by atoms with Crippen LogP contribution >= 0.6 is 22.9 Å². The molecule has 0 fully saturated rings. The van der Waals surface area contributed by atoms with Gasteiger partial charge in [-0.1, -0.05) is 32.0 Å². The molecule has 0 aliphatic rings. The summed E-state index contributed by atoms with van der Waals surface area (Å²) in [4.78, 5) is 16.5. The van der Waals surface area contributed by atoms with Crippen LogP contribution in [0.3, 0.4) is 0 Å². The Kier molecular flexibility index (Phi) is 5.37. The summed E-state index contributed by atoms with van der Waals surface area (Å²) in [5, 5.41) is 5.72. The Morgan fingerprint density at radius 3 is 2.81 bits per heavy atom. The lowest BCUT2D eigenvalue weighted by atomic mass is 9.98. The molecular weight excluding hydrogens is 304 g/mol. The molecule has 0 radical (unpaired) electrons. The second kappa shape index (κ2) is 7.05. The first kappa shape index (κ1) is 16.0. The molecule has 112 valence electrons. The number of alkyl halides is 1. The van der Waals surface area contributed by atoms with E-state index in [9.17, 15) is 4.79 Å². The number of hydrogen-bond donors (Lipinski definition) is 1. The van der Waals surface area contributed by atoms with Crippen LogP contribution in [0.2, 0.25) is 0 Å². The first-order valence-electron chi connectivity index (χ1n) is 6.90. The number of hydrogen-bond acceptors (Lipinski definition) is 3. The summed E-state index contributed by atoms with van der Waals surface area (Å²) in [5.41, 5.74) is 3.98. The van der Waals surface area contributed by atoms with Crippen molar-refractivity contribution in [1.29, 1.82) is 0 Å². The van der Waals surface area contributed by atoms with E-state index in [4.69, 9.17) is 11.6 Å². The first-order chi connectivity index (χ1) is 10.0. The number of benzene rings is 1. The van der Waals surface area contributed by atoms with Crippen molar-refractivity contribution in [1.82, 2.24) is 4.98 Å². The minimum atomic E-state index is -0.0401. The van der Waals surface area contributed by atoms with Crippen LogP contribution in [0.5, 0.6) is 0 Å². The molecule has 0 atom stereocenters. The van der Waals surface area contributed by atoms with Gasteiger partial charge in [-0.15, -0.1) is 22.9 Å². The van der Waals surface area contributed by atoms with E-state index in [0.29, 0.717) is 11.8 Å². The van der Waals surface area contributed by atoms with Crippen molar-refractivity contribution in [2.45, 2.75) is 39.0 Å². The highest BCUT2D eigenvalue weighted by molar-refractivity contribution is 7.09. The number of rotatable bonds is 5. The highest BCUT2D eigenvalue weighted by atomic mass is 35.5. The van der Waals surface area contributed by atoms with Crippen molar-refractivity contribution in [3.05, 3.63) is 45.4 Å². The minimum absolute atomic E-state index is 0.0401. The van der Waals surface area contributed by atoms with Crippen molar-refractivity contribution in [3.63, 3.8) is 0 Å². The van der Waals surface area contributed by atoms with Gasteiger partial charge in [0.15, 0.2) is 0 Å². The number of aryl methyl sites for hydroxylation is 1. The fraction of sp³-hybridized carbons (Fsp3) is 0.375. The van der Waals surface area contributed by atoms with Gasteiger partial charge in [-0.25, -0.2) is 4.98 Å². The van der Waals surface area contributed by atoms with Gasteiger partial charge in [-0.05, 0) is 24.0 Å². The second-order valence-electron chi connectivity index (χ2n) is 5.29. The molecule has 0 spiro atoms. The molecule has 0 unspecified atom stereocenters. The zero-order chi connectivity index (χ0) is 15.4. The van der Waals surface area contributed by atoms with Gasteiger partial charge in [-0.3, -0.25) is 4.79 Å². The number of aromatic nitrogens is 1. The molecule has 2 aromatic rings. The van der Waals surface area contributed by atoms with Crippen molar-refractivity contribution in [2.75, 3.05) is 5.32 Å². The first-order valence-corrected chi connectivity index (χ1v) is 8.31. The zero-order valence-electron chi connectivity index (χ0n) is 12.4. The molecule has 0 bridgehead atoms. The number of anilines is 1. The largest absolute Gasteiger partial charge is 0.325 e. The number of nitrogens with zero attached hydrogens (tertiary/aromatic N) is 1. The average molecular weight is 323 g/mol. The van der Waals surface area contributed by atoms with Gasteiger partial charge >= 0.3 is 0 Å². The quantitative estimate of drug-likeness (QED) is 0.824. The summed E-state index contributed by atoms with van der Waals surface area (Å²) < 4.78 is 0. The topological polar surface area (TPSA) is 42.0 Å². The lowest BCUT2D eigenvalue weighted by Gasteiger charge is -2.16. The van der Waals surface area contributed by atoms with Crippen LogP contribution in [0.25, 0.3) is 0 Å². The predicted octanol–water partition coefficient (Wildman–Crippen LogP) is 4.49. The number of amides is 1. The van der Waals surface area contributed by atoms with Crippen LogP contribution in [0, 0.1) is 6.92 Å². The molecule has 0 saturated carbocycles. The van der Waals surface area contributed by atoms with E-state index in [1.54, 1.807) is 0 Å². The Labute approximate surface area is 134 Å². The number of carbonyl (C=O) groups excluding carboxylic acids is 1. The molecular formula is C16H19ClN2OS. The van der Waals surface area contributed by atoms with Gasteiger partial charge in [0.05, 0.1) is 18.0 Å². The molecule has 3 nitrogen and oxygen atoms in total. The van der Waals surface area contributed by atoms with E-state index < -0.39 is 0 Å². The van der Waals surface area contributed by atoms with Gasteiger partial charge in [0.2, 0.25) is 5.91 Å². The van der Waals surface area contributed by atoms with Gasteiger partial charge in [0.25, 0.3) is 0 Å². The van der Waals surface area contributed by atoms with E-state index in [2.05, 4.69) is 30.2 Å². The average Bonchev–Trinajstić information content (AvgIpc) is 2.88. The van der Waals surface area contributed by atoms with Crippen LogP contribution in [0.15, 0.2) is 23.6 Å². The summed E-state index contributed by atoms with van der Waals surface area (Å²) in [5.74, 6) is 0.706. The molecule has 21 heavy (non-hydrogen) atoms. The molecule has 0 saturated heterocycles. The summed E-state index contributed by atoms with van der Waals surface area (Å²) in [6.45, 7) is 6.26. The van der Waals surface area contributed by atoms with Crippen molar-refractivity contribution in [3.8, 4) is 0 Å². The number of carbonyl (C=O) groups is 1. The third kappa shape index (κ3) is 4.05. The number of para-hydroxylation sites is 1. The fourth-order valence-corrected chi connectivity index (χ4v) is 3.18. The Morgan fingerprint density at radius 2 is 2.19 bits per heavy atom. The van der Waals surface area contributed by atoms with E-state index in [0.717, 1.165) is 27.5 Å². The van der Waals surface area contributed by atoms with Crippen LogP contribution in [0.4, 0.5) is 5.69 Å².